The molecule has 35 heavy (non-hydrogen) atoms. The number of anilines is 2. The first kappa shape index (κ1) is 26.0. The topological polar surface area (TPSA) is 92.8 Å². The number of ether oxygens (including phenoxy) is 1. The van der Waals surface area contributed by atoms with Crippen LogP contribution in [0.5, 0.6) is 0 Å². The molecule has 3 rings (SSSR count). The van der Waals surface area contributed by atoms with Gasteiger partial charge in [-0.05, 0) is 81.6 Å². The standard InChI is InChI=1S/C27H30N2O5S/c1-6-34-27(31)22-13-12-20(4)24(16-22)28-26(30)17-29(25-9-7-8-19(3)21(25)5)35(32,33)23-14-10-18(2)11-15-23/h7-16H,6,17H2,1-5H3,(H,28,30). The maximum absolute atomic E-state index is 13.7. The lowest BCUT2D eigenvalue weighted by Gasteiger charge is -2.26. The number of esters is 1. The summed E-state index contributed by atoms with van der Waals surface area (Å²) in [5.41, 5.74) is 4.46. The van der Waals surface area contributed by atoms with Gasteiger partial charge in [0.2, 0.25) is 5.91 Å². The molecule has 0 heterocycles. The molecule has 0 saturated carbocycles. The zero-order valence-corrected chi connectivity index (χ0v) is 21.4. The van der Waals surface area contributed by atoms with E-state index in [1.54, 1.807) is 50.2 Å². The molecule has 0 aromatic heterocycles. The van der Waals surface area contributed by atoms with Crippen molar-refractivity contribution in [3.05, 3.63) is 88.5 Å². The van der Waals surface area contributed by atoms with Crippen LogP contribution < -0.4 is 9.62 Å². The Kier molecular flexibility index (Phi) is 7.96. The lowest BCUT2D eigenvalue weighted by molar-refractivity contribution is -0.114. The molecule has 0 radical (unpaired) electrons. The summed E-state index contributed by atoms with van der Waals surface area (Å²) in [5, 5.41) is 2.76. The van der Waals surface area contributed by atoms with Crippen LogP contribution in [0, 0.1) is 27.7 Å². The van der Waals surface area contributed by atoms with Gasteiger partial charge in [0, 0.05) is 5.69 Å². The molecule has 0 atom stereocenters. The van der Waals surface area contributed by atoms with E-state index in [9.17, 15) is 18.0 Å². The molecule has 0 aliphatic rings. The second-order valence-electron chi connectivity index (χ2n) is 8.34. The minimum absolute atomic E-state index is 0.0947. The zero-order valence-electron chi connectivity index (χ0n) is 20.6. The van der Waals surface area contributed by atoms with E-state index in [1.807, 2.05) is 26.8 Å². The van der Waals surface area contributed by atoms with E-state index in [0.29, 0.717) is 16.9 Å². The fraction of sp³-hybridized carbons (Fsp3) is 0.259. The minimum Gasteiger partial charge on any atom is -0.462 e. The summed E-state index contributed by atoms with van der Waals surface area (Å²) in [5.74, 6) is -1.03. The van der Waals surface area contributed by atoms with E-state index >= 15 is 0 Å². The van der Waals surface area contributed by atoms with Crippen molar-refractivity contribution in [3.63, 3.8) is 0 Å². The van der Waals surface area contributed by atoms with Gasteiger partial charge in [-0.25, -0.2) is 13.2 Å². The van der Waals surface area contributed by atoms with Crippen LogP contribution in [0.4, 0.5) is 11.4 Å². The fourth-order valence-corrected chi connectivity index (χ4v) is 5.04. The Morgan fingerprint density at radius 2 is 1.60 bits per heavy atom. The molecule has 0 bridgehead atoms. The first-order valence-electron chi connectivity index (χ1n) is 11.3. The maximum Gasteiger partial charge on any atom is 0.338 e. The molecule has 0 spiro atoms. The van der Waals surface area contributed by atoms with Gasteiger partial charge in [0.1, 0.15) is 6.54 Å². The highest BCUT2D eigenvalue weighted by Crippen LogP contribution is 2.29. The maximum atomic E-state index is 13.7. The van der Waals surface area contributed by atoms with Crippen molar-refractivity contribution in [2.24, 2.45) is 0 Å². The first-order chi connectivity index (χ1) is 16.5. The lowest BCUT2D eigenvalue weighted by atomic mass is 10.1. The smallest absolute Gasteiger partial charge is 0.338 e. The summed E-state index contributed by atoms with van der Waals surface area (Å²) < 4.78 is 33.5. The van der Waals surface area contributed by atoms with E-state index in [-0.39, 0.29) is 11.5 Å². The Bertz CT molecular complexity index is 1350. The Hall–Kier alpha value is -3.65. The summed E-state index contributed by atoms with van der Waals surface area (Å²) in [7, 11) is -4.04. The van der Waals surface area contributed by atoms with Crippen LogP contribution in [0.25, 0.3) is 0 Å². The van der Waals surface area contributed by atoms with Gasteiger partial charge in [0.15, 0.2) is 0 Å². The van der Waals surface area contributed by atoms with Crippen molar-refractivity contribution < 1.29 is 22.7 Å². The lowest BCUT2D eigenvalue weighted by Crippen LogP contribution is -2.38. The third-order valence-corrected chi connectivity index (χ3v) is 7.54. The molecular weight excluding hydrogens is 464 g/mol. The van der Waals surface area contributed by atoms with Crippen LogP contribution in [-0.4, -0.2) is 33.4 Å². The molecule has 0 fully saturated rings. The molecule has 0 saturated heterocycles. The number of benzene rings is 3. The molecule has 1 N–H and O–H groups in total. The van der Waals surface area contributed by atoms with E-state index in [4.69, 9.17) is 4.74 Å². The fourth-order valence-electron chi connectivity index (χ4n) is 3.56. The van der Waals surface area contributed by atoms with Crippen molar-refractivity contribution in [2.75, 3.05) is 22.8 Å². The number of sulfonamides is 1. The van der Waals surface area contributed by atoms with Gasteiger partial charge < -0.3 is 10.1 Å². The predicted molar refractivity (Wildman–Crippen MR) is 137 cm³/mol. The van der Waals surface area contributed by atoms with E-state index in [2.05, 4.69) is 5.32 Å². The van der Waals surface area contributed by atoms with Crippen molar-refractivity contribution >= 4 is 33.3 Å². The average molecular weight is 495 g/mol. The van der Waals surface area contributed by atoms with Gasteiger partial charge in [0.25, 0.3) is 10.0 Å². The largest absolute Gasteiger partial charge is 0.462 e. The number of hydrogen-bond donors (Lipinski definition) is 1. The molecular formula is C27H30N2O5S. The molecule has 184 valence electrons. The third kappa shape index (κ3) is 5.89. The molecule has 7 nitrogen and oxygen atoms in total. The summed E-state index contributed by atoms with van der Waals surface area (Å²) >= 11 is 0. The van der Waals surface area contributed by atoms with Crippen molar-refractivity contribution in [2.45, 2.75) is 39.5 Å². The Balaban J connectivity index is 1.98. The van der Waals surface area contributed by atoms with Crippen molar-refractivity contribution in [1.82, 2.24) is 0 Å². The van der Waals surface area contributed by atoms with Crippen LogP contribution in [0.15, 0.2) is 65.6 Å². The molecule has 3 aromatic carbocycles. The number of nitrogens with zero attached hydrogens (tertiary/aromatic N) is 1. The Labute approximate surface area is 206 Å². The van der Waals surface area contributed by atoms with Crippen molar-refractivity contribution in [1.29, 1.82) is 0 Å². The second kappa shape index (κ2) is 10.7. The minimum atomic E-state index is -4.04. The highest BCUT2D eigenvalue weighted by molar-refractivity contribution is 7.92. The molecule has 0 aliphatic carbocycles. The highest BCUT2D eigenvalue weighted by atomic mass is 32.2. The van der Waals surface area contributed by atoms with Crippen LogP contribution in [-0.2, 0) is 19.6 Å². The number of hydrogen-bond acceptors (Lipinski definition) is 5. The van der Waals surface area contributed by atoms with Crippen molar-refractivity contribution in [3.8, 4) is 0 Å². The van der Waals surface area contributed by atoms with Crippen LogP contribution >= 0.6 is 0 Å². The number of amides is 1. The first-order valence-corrected chi connectivity index (χ1v) is 12.7. The van der Waals surface area contributed by atoms with E-state index < -0.39 is 28.4 Å². The second-order valence-corrected chi connectivity index (χ2v) is 10.2. The summed E-state index contributed by atoms with van der Waals surface area (Å²) in [6.07, 6.45) is 0. The Morgan fingerprint density at radius 3 is 2.26 bits per heavy atom. The molecule has 3 aromatic rings. The molecule has 0 aliphatic heterocycles. The average Bonchev–Trinajstić information content (AvgIpc) is 2.81. The number of rotatable bonds is 8. The third-order valence-electron chi connectivity index (χ3n) is 5.76. The monoisotopic (exact) mass is 494 g/mol. The van der Waals surface area contributed by atoms with Crippen LogP contribution in [0.2, 0.25) is 0 Å². The number of aryl methyl sites for hydroxylation is 3. The predicted octanol–water partition coefficient (Wildman–Crippen LogP) is 4.93. The molecule has 8 heteroatoms. The van der Waals surface area contributed by atoms with E-state index in [1.165, 1.54) is 18.2 Å². The number of carbonyl (C=O) groups excluding carboxylic acids is 2. The van der Waals surface area contributed by atoms with Gasteiger partial charge in [-0.1, -0.05) is 35.9 Å². The summed E-state index contributed by atoms with van der Waals surface area (Å²) in [4.78, 5) is 25.4. The quantitative estimate of drug-likeness (QED) is 0.448. The molecule has 1 amide bonds. The Morgan fingerprint density at radius 1 is 0.914 bits per heavy atom. The van der Waals surface area contributed by atoms with Gasteiger partial charge in [0.05, 0.1) is 22.8 Å². The summed E-state index contributed by atoms with van der Waals surface area (Å²) in [6, 6.07) is 16.7. The normalized spacial score (nSPS) is 11.1. The summed E-state index contributed by atoms with van der Waals surface area (Å²) in [6.45, 7) is 8.88. The van der Waals surface area contributed by atoms with Gasteiger partial charge in [-0.2, -0.15) is 0 Å². The highest BCUT2D eigenvalue weighted by Gasteiger charge is 2.29. The number of carbonyl (C=O) groups is 2. The van der Waals surface area contributed by atoms with Crippen LogP contribution in [0.1, 0.15) is 39.5 Å². The molecule has 0 unspecified atom stereocenters. The van der Waals surface area contributed by atoms with Crippen LogP contribution in [0.3, 0.4) is 0 Å². The SMILES string of the molecule is CCOC(=O)c1ccc(C)c(NC(=O)CN(c2cccc(C)c2C)S(=O)(=O)c2ccc(C)cc2)c1. The van der Waals surface area contributed by atoms with E-state index in [0.717, 1.165) is 26.6 Å². The number of nitrogens with one attached hydrogen (secondary N) is 1. The van der Waals surface area contributed by atoms with Gasteiger partial charge in [-0.3, -0.25) is 9.10 Å². The van der Waals surface area contributed by atoms with Gasteiger partial charge in [-0.15, -0.1) is 0 Å². The van der Waals surface area contributed by atoms with Gasteiger partial charge >= 0.3 is 5.97 Å². The zero-order chi connectivity index (χ0) is 25.8.